The van der Waals surface area contributed by atoms with Gasteiger partial charge >= 0.3 is 27.7 Å². The lowest BCUT2D eigenvalue weighted by Gasteiger charge is -2.61. The van der Waals surface area contributed by atoms with E-state index in [1.54, 1.807) is 6.92 Å². The van der Waals surface area contributed by atoms with Gasteiger partial charge in [0.15, 0.2) is 0 Å². The topological polar surface area (TPSA) is 63.7 Å². The fourth-order valence-corrected chi connectivity index (χ4v) is 7.90. The second kappa shape index (κ2) is 7.52. The van der Waals surface area contributed by atoms with Crippen molar-refractivity contribution in [1.29, 1.82) is 0 Å². The molecule has 6 unspecified atom stereocenters. The number of alkyl halides is 6. The predicted molar refractivity (Wildman–Crippen MR) is 105 cm³/mol. The first-order valence-electron chi connectivity index (χ1n) is 11.1. The van der Waals surface area contributed by atoms with Gasteiger partial charge in [-0.15, -0.1) is 0 Å². The molecule has 0 bridgehead atoms. The van der Waals surface area contributed by atoms with Crippen LogP contribution in [0.15, 0.2) is 11.8 Å². The molecule has 5 nitrogen and oxygen atoms in total. The summed E-state index contributed by atoms with van der Waals surface area (Å²) in [5, 5.41) is 0. The van der Waals surface area contributed by atoms with Gasteiger partial charge < -0.3 is 9.08 Å². The number of hydrogen-bond donors (Lipinski definition) is 0. The maximum Gasteiger partial charge on any atom is 0.534 e. The maximum atomic E-state index is 13.2. The van der Waals surface area contributed by atoms with Gasteiger partial charge in [-0.3, -0.25) is 4.79 Å². The number of nitrogens with zero attached hydrogens (tertiary/aromatic N) is 1. The van der Waals surface area contributed by atoms with Crippen LogP contribution >= 0.6 is 0 Å². The van der Waals surface area contributed by atoms with Gasteiger partial charge in [-0.1, -0.05) is 13.8 Å². The summed E-state index contributed by atoms with van der Waals surface area (Å²) in [4.78, 5) is 13.1. The van der Waals surface area contributed by atoms with Crippen LogP contribution in [0.2, 0.25) is 0 Å². The van der Waals surface area contributed by atoms with Gasteiger partial charge in [-0.2, -0.15) is 34.8 Å². The molecule has 0 aromatic heterocycles. The zero-order chi connectivity index (χ0) is 24.6. The average molecular weight is 504 g/mol. The van der Waals surface area contributed by atoms with E-state index in [0.29, 0.717) is 44.9 Å². The zero-order valence-corrected chi connectivity index (χ0v) is 19.1. The largest absolute Gasteiger partial charge is 0.534 e. The Morgan fingerprint density at radius 1 is 1.06 bits per heavy atom. The first kappa shape index (κ1) is 24.7. The third-order valence-electron chi connectivity index (χ3n) is 8.81. The van der Waals surface area contributed by atoms with E-state index in [0.717, 1.165) is 4.90 Å². The Bertz CT molecular complexity index is 961. The standard InChI is InChI=1S/C21H27F6NO4S/c1-18-9-3-11-28(17(29)20(22,23)24)15(18)6-4-12-13-5-7-16(19(13,2)10-8-14(12)18)32-33(30,31)21(25,26)27/h7,12-15H,3-6,8-11H2,1-2H3. The second-order valence-corrected chi connectivity index (χ2v) is 11.9. The van der Waals surface area contributed by atoms with Crippen LogP contribution < -0.4 is 0 Å². The highest BCUT2D eigenvalue weighted by Crippen LogP contribution is 2.65. The summed E-state index contributed by atoms with van der Waals surface area (Å²) in [6.07, 6.45) is -0.245. The van der Waals surface area contributed by atoms with E-state index in [-0.39, 0.29) is 30.1 Å². The predicted octanol–water partition coefficient (Wildman–Crippen LogP) is 5.14. The molecule has 0 aromatic carbocycles. The minimum atomic E-state index is -5.78. The van der Waals surface area contributed by atoms with Crippen LogP contribution in [0.4, 0.5) is 26.3 Å². The molecule has 1 heterocycles. The Balaban J connectivity index is 1.58. The molecule has 1 amide bonds. The number of allylic oxidation sites excluding steroid dienone is 2. The van der Waals surface area contributed by atoms with E-state index in [4.69, 9.17) is 0 Å². The monoisotopic (exact) mass is 503 g/mol. The van der Waals surface area contributed by atoms with Crippen molar-refractivity contribution in [3.05, 3.63) is 11.8 Å². The van der Waals surface area contributed by atoms with Crippen LogP contribution in [0, 0.1) is 28.6 Å². The van der Waals surface area contributed by atoms with Gasteiger partial charge in [0, 0.05) is 18.0 Å². The molecule has 3 aliphatic carbocycles. The van der Waals surface area contributed by atoms with Crippen LogP contribution in [0.25, 0.3) is 0 Å². The van der Waals surface area contributed by atoms with E-state index in [9.17, 15) is 39.6 Å². The van der Waals surface area contributed by atoms with E-state index < -0.39 is 44.6 Å². The van der Waals surface area contributed by atoms with Crippen LogP contribution in [0.3, 0.4) is 0 Å². The Kier molecular flexibility index (Phi) is 5.62. The molecule has 188 valence electrons. The maximum absolute atomic E-state index is 13.2. The number of rotatable bonds is 2. The Morgan fingerprint density at radius 2 is 1.73 bits per heavy atom. The Morgan fingerprint density at radius 3 is 2.33 bits per heavy atom. The lowest BCUT2D eigenvalue weighted by Crippen LogP contribution is -2.63. The summed E-state index contributed by atoms with van der Waals surface area (Å²) in [6.45, 7) is 3.71. The third kappa shape index (κ3) is 3.74. The van der Waals surface area contributed by atoms with Crippen molar-refractivity contribution >= 4 is 16.0 Å². The molecule has 4 aliphatic rings. The molecule has 0 radical (unpaired) electrons. The lowest BCUT2D eigenvalue weighted by molar-refractivity contribution is -0.200. The lowest BCUT2D eigenvalue weighted by atomic mass is 9.47. The summed E-state index contributed by atoms with van der Waals surface area (Å²) in [5.41, 5.74) is -6.95. The normalized spacial score (nSPS) is 39.3. The molecule has 1 saturated heterocycles. The number of piperidine rings is 1. The van der Waals surface area contributed by atoms with E-state index >= 15 is 0 Å². The van der Waals surface area contributed by atoms with E-state index in [1.165, 1.54) is 6.08 Å². The first-order chi connectivity index (χ1) is 15.0. The average Bonchev–Trinajstić information content (AvgIpc) is 3.00. The number of fused-ring (bicyclic) bond motifs is 5. The number of hydrogen-bond acceptors (Lipinski definition) is 4. The van der Waals surface area contributed by atoms with E-state index in [1.807, 2.05) is 6.92 Å². The quantitative estimate of drug-likeness (QED) is 0.297. The van der Waals surface area contributed by atoms with Gasteiger partial charge in [-0.25, -0.2) is 0 Å². The molecule has 33 heavy (non-hydrogen) atoms. The highest BCUT2D eigenvalue weighted by Gasteiger charge is 2.62. The summed E-state index contributed by atoms with van der Waals surface area (Å²) in [6, 6.07) is -0.540. The van der Waals surface area contributed by atoms with Crippen molar-refractivity contribution < 1.29 is 43.7 Å². The summed E-state index contributed by atoms with van der Waals surface area (Å²) in [5.74, 6) is -2.18. The van der Waals surface area contributed by atoms with Crippen LogP contribution in [0.5, 0.6) is 0 Å². The van der Waals surface area contributed by atoms with Crippen LogP contribution in [0.1, 0.15) is 58.8 Å². The number of carbonyl (C=O) groups is 1. The minimum Gasteiger partial charge on any atom is -0.380 e. The molecule has 12 heteroatoms. The molecule has 4 rings (SSSR count). The second-order valence-electron chi connectivity index (χ2n) is 10.3. The highest BCUT2D eigenvalue weighted by atomic mass is 32.2. The van der Waals surface area contributed by atoms with E-state index in [2.05, 4.69) is 4.18 Å². The molecule has 0 aromatic rings. The summed E-state index contributed by atoms with van der Waals surface area (Å²) < 4.78 is 106. The molecular weight excluding hydrogens is 476 g/mol. The molecular formula is C21H27F6NO4S. The molecule has 6 atom stereocenters. The summed E-state index contributed by atoms with van der Waals surface area (Å²) in [7, 11) is -5.78. The van der Waals surface area contributed by atoms with Gasteiger partial charge in [0.1, 0.15) is 5.76 Å². The van der Waals surface area contributed by atoms with Crippen molar-refractivity contribution in [2.45, 2.75) is 76.5 Å². The number of halogens is 6. The number of amides is 1. The highest BCUT2D eigenvalue weighted by molar-refractivity contribution is 7.87. The zero-order valence-electron chi connectivity index (χ0n) is 18.3. The van der Waals surface area contributed by atoms with Crippen LogP contribution in [-0.2, 0) is 19.1 Å². The molecule has 0 spiro atoms. The van der Waals surface area contributed by atoms with Gasteiger partial charge in [0.25, 0.3) is 0 Å². The van der Waals surface area contributed by atoms with Gasteiger partial charge in [0.2, 0.25) is 0 Å². The molecule has 1 aliphatic heterocycles. The first-order valence-corrected chi connectivity index (χ1v) is 12.5. The van der Waals surface area contributed by atoms with Crippen molar-refractivity contribution in [3.63, 3.8) is 0 Å². The fourth-order valence-electron chi connectivity index (χ4n) is 7.31. The number of carbonyl (C=O) groups excluding carboxylic acids is 1. The van der Waals surface area contributed by atoms with Crippen molar-refractivity contribution in [2.75, 3.05) is 6.54 Å². The molecule has 2 saturated carbocycles. The third-order valence-corrected chi connectivity index (χ3v) is 9.77. The Hall–Kier alpha value is -1.46. The molecule has 3 fully saturated rings. The van der Waals surface area contributed by atoms with Crippen molar-refractivity contribution in [2.24, 2.45) is 28.6 Å². The van der Waals surface area contributed by atoms with Gasteiger partial charge in [-0.05, 0) is 74.2 Å². The number of likely N-dealkylation sites (tertiary alicyclic amines) is 1. The Labute approximate surface area is 188 Å². The SMILES string of the molecule is CC12CCC3C(CCC4N(C(=O)C(F)(F)F)CCCC34C)C1CC=C2OS(=O)(=O)C(F)(F)F. The smallest absolute Gasteiger partial charge is 0.380 e. The van der Waals surface area contributed by atoms with Crippen molar-refractivity contribution in [3.8, 4) is 0 Å². The molecule has 0 N–H and O–H groups in total. The van der Waals surface area contributed by atoms with Gasteiger partial charge in [0.05, 0.1) is 0 Å². The summed E-state index contributed by atoms with van der Waals surface area (Å²) >= 11 is 0. The minimum absolute atomic E-state index is 0.00289. The van der Waals surface area contributed by atoms with Crippen LogP contribution in [-0.4, -0.2) is 43.5 Å². The fraction of sp³-hybridized carbons (Fsp3) is 0.857. The van der Waals surface area contributed by atoms with Crippen molar-refractivity contribution in [1.82, 2.24) is 4.90 Å².